The molecule has 1 aromatic carbocycles. The van der Waals surface area contributed by atoms with Crippen molar-refractivity contribution in [2.24, 2.45) is 5.92 Å². The molecule has 0 aliphatic carbocycles. The number of benzene rings is 1. The second-order valence-electron chi connectivity index (χ2n) is 5.66. The van der Waals surface area contributed by atoms with Crippen molar-refractivity contribution in [3.05, 3.63) is 29.3 Å². The summed E-state index contributed by atoms with van der Waals surface area (Å²) in [6.07, 6.45) is 0.565. The molecule has 8 heteroatoms. The SMILES string of the molecule is COc1cc(C(=O)NNC(=O)C[C@@H]2CCS(=O)(=O)C2)ccc1C. The van der Waals surface area contributed by atoms with Gasteiger partial charge in [0.15, 0.2) is 9.84 Å². The zero-order chi connectivity index (χ0) is 17.0. The van der Waals surface area contributed by atoms with E-state index in [1.165, 1.54) is 7.11 Å². The first-order chi connectivity index (χ1) is 10.8. The summed E-state index contributed by atoms with van der Waals surface area (Å²) in [4.78, 5) is 23.8. The Morgan fingerprint density at radius 2 is 2.04 bits per heavy atom. The zero-order valence-electron chi connectivity index (χ0n) is 13.1. The van der Waals surface area contributed by atoms with Crippen LogP contribution in [0.4, 0.5) is 0 Å². The Hall–Kier alpha value is -2.09. The molecule has 126 valence electrons. The topological polar surface area (TPSA) is 102 Å². The molecule has 1 aliphatic heterocycles. The lowest BCUT2D eigenvalue weighted by Gasteiger charge is -2.11. The molecule has 1 saturated heterocycles. The molecule has 1 aliphatic rings. The van der Waals surface area contributed by atoms with Crippen LogP contribution in [0.5, 0.6) is 5.75 Å². The Morgan fingerprint density at radius 3 is 2.65 bits per heavy atom. The van der Waals surface area contributed by atoms with Gasteiger partial charge in [-0.1, -0.05) is 6.07 Å². The Labute approximate surface area is 135 Å². The lowest BCUT2D eigenvalue weighted by Crippen LogP contribution is -2.42. The van der Waals surface area contributed by atoms with Gasteiger partial charge in [0, 0.05) is 12.0 Å². The van der Waals surface area contributed by atoms with Gasteiger partial charge in [0.1, 0.15) is 5.75 Å². The highest BCUT2D eigenvalue weighted by molar-refractivity contribution is 7.91. The van der Waals surface area contributed by atoms with Crippen molar-refractivity contribution in [1.29, 1.82) is 0 Å². The molecule has 0 unspecified atom stereocenters. The number of hydrazine groups is 1. The summed E-state index contributed by atoms with van der Waals surface area (Å²) in [6.45, 7) is 1.86. The number of aryl methyl sites for hydroxylation is 1. The molecule has 1 atom stereocenters. The monoisotopic (exact) mass is 340 g/mol. The minimum atomic E-state index is -3.01. The van der Waals surface area contributed by atoms with Gasteiger partial charge in [0.2, 0.25) is 5.91 Å². The van der Waals surface area contributed by atoms with E-state index >= 15 is 0 Å². The van der Waals surface area contributed by atoms with Crippen LogP contribution in [-0.2, 0) is 14.6 Å². The third-order valence-corrected chi connectivity index (χ3v) is 5.62. The van der Waals surface area contributed by atoms with E-state index in [1.54, 1.807) is 18.2 Å². The number of nitrogens with one attached hydrogen (secondary N) is 2. The quantitative estimate of drug-likeness (QED) is 0.781. The van der Waals surface area contributed by atoms with Crippen molar-refractivity contribution in [2.75, 3.05) is 18.6 Å². The first kappa shape index (κ1) is 17.3. The molecular weight excluding hydrogens is 320 g/mol. The van der Waals surface area contributed by atoms with Crippen LogP contribution in [0.25, 0.3) is 0 Å². The molecule has 1 fully saturated rings. The van der Waals surface area contributed by atoms with Crippen LogP contribution >= 0.6 is 0 Å². The Kier molecular flexibility index (Phi) is 5.25. The van der Waals surface area contributed by atoms with Gasteiger partial charge in [-0.15, -0.1) is 0 Å². The molecule has 2 rings (SSSR count). The van der Waals surface area contributed by atoms with Crippen LogP contribution in [0, 0.1) is 12.8 Å². The Balaban J connectivity index is 1.85. The van der Waals surface area contributed by atoms with Gasteiger partial charge in [-0.05, 0) is 37.0 Å². The second kappa shape index (κ2) is 6.99. The molecule has 0 saturated carbocycles. The first-order valence-electron chi connectivity index (χ1n) is 7.25. The number of hydrogen-bond donors (Lipinski definition) is 2. The first-order valence-corrected chi connectivity index (χ1v) is 9.07. The van der Waals surface area contributed by atoms with E-state index in [0.29, 0.717) is 17.7 Å². The second-order valence-corrected chi connectivity index (χ2v) is 7.89. The molecule has 7 nitrogen and oxygen atoms in total. The van der Waals surface area contributed by atoms with Gasteiger partial charge in [-0.25, -0.2) is 8.42 Å². The van der Waals surface area contributed by atoms with Gasteiger partial charge >= 0.3 is 0 Å². The maximum absolute atomic E-state index is 12.0. The predicted molar refractivity (Wildman–Crippen MR) is 84.7 cm³/mol. The average Bonchev–Trinajstić information content (AvgIpc) is 2.84. The number of sulfone groups is 1. The van der Waals surface area contributed by atoms with E-state index in [4.69, 9.17) is 4.74 Å². The molecule has 2 amide bonds. The smallest absolute Gasteiger partial charge is 0.269 e. The third-order valence-electron chi connectivity index (χ3n) is 3.79. The third kappa shape index (κ3) is 4.69. The molecular formula is C15H20N2O5S. The van der Waals surface area contributed by atoms with Crippen molar-refractivity contribution in [3.8, 4) is 5.75 Å². The molecule has 0 aromatic heterocycles. The summed E-state index contributed by atoms with van der Waals surface area (Å²) in [5.41, 5.74) is 5.89. The number of ether oxygens (including phenoxy) is 1. The number of hydrogen-bond acceptors (Lipinski definition) is 5. The average molecular weight is 340 g/mol. The van der Waals surface area contributed by atoms with Crippen LogP contribution in [0.15, 0.2) is 18.2 Å². The van der Waals surface area contributed by atoms with Crippen molar-refractivity contribution in [1.82, 2.24) is 10.9 Å². The summed E-state index contributed by atoms with van der Waals surface area (Å²) in [5, 5.41) is 0. The summed E-state index contributed by atoms with van der Waals surface area (Å²) in [7, 11) is -1.49. The summed E-state index contributed by atoms with van der Waals surface area (Å²) in [5.74, 6) is -0.309. The molecule has 1 heterocycles. The maximum Gasteiger partial charge on any atom is 0.269 e. The van der Waals surface area contributed by atoms with E-state index in [9.17, 15) is 18.0 Å². The van der Waals surface area contributed by atoms with Crippen molar-refractivity contribution in [2.45, 2.75) is 19.8 Å². The zero-order valence-corrected chi connectivity index (χ0v) is 13.9. The fourth-order valence-corrected chi connectivity index (χ4v) is 4.37. The highest BCUT2D eigenvalue weighted by Crippen LogP contribution is 2.21. The predicted octanol–water partition coefficient (Wildman–Crippen LogP) is 0.589. The van der Waals surface area contributed by atoms with Crippen molar-refractivity contribution >= 4 is 21.7 Å². The Bertz CT molecular complexity index is 715. The Morgan fingerprint density at radius 1 is 1.30 bits per heavy atom. The van der Waals surface area contributed by atoms with Gasteiger partial charge < -0.3 is 4.74 Å². The largest absolute Gasteiger partial charge is 0.496 e. The van der Waals surface area contributed by atoms with Gasteiger partial charge in [0.05, 0.1) is 18.6 Å². The fraction of sp³-hybridized carbons (Fsp3) is 0.467. The minimum Gasteiger partial charge on any atom is -0.496 e. The van der Waals surface area contributed by atoms with Crippen molar-refractivity contribution < 1.29 is 22.7 Å². The standard InChI is InChI=1S/C15H20N2O5S/c1-10-3-4-12(8-13(10)22-2)15(19)17-16-14(18)7-11-5-6-23(20,21)9-11/h3-4,8,11H,5-7,9H2,1-2H3,(H,16,18)(H,17,19)/t11-/m0/s1. The molecule has 0 spiro atoms. The minimum absolute atomic E-state index is 0.0313. The van der Waals surface area contributed by atoms with Crippen LogP contribution in [0.1, 0.15) is 28.8 Å². The van der Waals surface area contributed by atoms with Crippen LogP contribution in [0.3, 0.4) is 0 Å². The number of carbonyl (C=O) groups is 2. The number of amides is 2. The van der Waals surface area contributed by atoms with E-state index < -0.39 is 21.7 Å². The maximum atomic E-state index is 12.0. The van der Waals surface area contributed by atoms with E-state index in [-0.39, 0.29) is 23.8 Å². The summed E-state index contributed by atoms with van der Waals surface area (Å²) in [6, 6.07) is 4.96. The summed E-state index contributed by atoms with van der Waals surface area (Å²) >= 11 is 0. The van der Waals surface area contributed by atoms with Crippen molar-refractivity contribution in [3.63, 3.8) is 0 Å². The molecule has 23 heavy (non-hydrogen) atoms. The van der Waals surface area contributed by atoms with Gasteiger partial charge in [-0.3, -0.25) is 20.4 Å². The summed E-state index contributed by atoms with van der Waals surface area (Å²) < 4.78 is 27.8. The van der Waals surface area contributed by atoms with E-state index in [2.05, 4.69) is 10.9 Å². The van der Waals surface area contributed by atoms with Gasteiger partial charge in [0.25, 0.3) is 5.91 Å². The fourth-order valence-electron chi connectivity index (χ4n) is 2.51. The van der Waals surface area contributed by atoms with Crippen LogP contribution in [0.2, 0.25) is 0 Å². The number of carbonyl (C=O) groups excluding carboxylic acids is 2. The normalized spacial score (nSPS) is 19.1. The molecule has 1 aromatic rings. The molecule has 0 radical (unpaired) electrons. The van der Waals surface area contributed by atoms with E-state index in [1.807, 2.05) is 6.92 Å². The number of rotatable bonds is 4. The lowest BCUT2D eigenvalue weighted by molar-refractivity contribution is -0.122. The highest BCUT2D eigenvalue weighted by Gasteiger charge is 2.29. The van der Waals surface area contributed by atoms with E-state index in [0.717, 1.165) is 5.56 Å². The lowest BCUT2D eigenvalue weighted by atomic mass is 10.1. The van der Waals surface area contributed by atoms with Crippen LogP contribution < -0.4 is 15.6 Å². The molecule has 2 N–H and O–H groups in total. The van der Waals surface area contributed by atoms with Crippen LogP contribution in [-0.4, -0.2) is 38.8 Å². The number of methoxy groups -OCH3 is 1. The molecule has 0 bridgehead atoms. The van der Waals surface area contributed by atoms with Gasteiger partial charge in [-0.2, -0.15) is 0 Å². The highest BCUT2D eigenvalue weighted by atomic mass is 32.2.